The Morgan fingerprint density at radius 2 is 1.81 bits per heavy atom. The minimum Gasteiger partial charge on any atom is -0.494 e. The summed E-state index contributed by atoms with van der Waals surface area (Å²) in [6.07, 6.45) is 3.29. The summed E-state index contributed by atoms with van der Waals surface area (Å²) in [4.78, 5) is 2.43. The number of methoxy groups -OCH3 is 1. The van der Waals surface area contributed by atoms with Crippen LogP contribution in [0.15, 0.2) is 48.5 Å². The van der Waals surface area contributed by atoms with Crippen LogP contribution in [-0.4, -0.2) is 44.4 Å². The summed E-state index contributed by atoms with van der Waals surface area (Å²) in [6.45, 7) is 3.69. The van der Waals surface area contributed by atoms with Gasteiger partial charge in [-0.15, -0.1) is 0 Å². The predicted molar refractivity (Wildman–Crippen MR) is 99.6 cm³/mol. The number of nitrogens with zero attached hydrogens (tertiary/aromatic N) is 1. The maximum absolute atomic E-state index is 12.8. The molecule has 2 aromatic carbocycles. The largest absolute Gasteiger partial charge is 0.494 e. The number of benzene rings is 2. The van der Waals surface area contributed by atoms with E-state index in [1.165, 1.54) is 12.1 Å². The number of hydrogen-bond acceptors (Lipinski definition) is 4. The Bertz CT molecular complexity index is 677. The van der Waals surface area contributed by atoms with Gasteiger partial charge in [0.15, 0.2) is 11.5 Å². The second kappa shape index (κ2) is 9.43. The molecule has 1 heterocycles. The maximum atomic E-state index is 12.8. The molecular formula is C21H26FNO3. The van der Waals surface area contributed by atoms with Crippen molar-refractivity contribution in [1.82, 2.24) is 4.90 Å². The molecule has 0 aliphatic carbocycles. The predicted octanol–water partition coefficient (Wildman–Crippen LogP) is 4.15. The highest BCUT2D eigenvalue weighted by Gasteiger charge is 2.24. The van der Waals surface area contributed by atoms with Crippen LogP contribution >= 0.6 is 0 Å². The lowest BCUT2D eigenvalue weighted by molar-refractivity contribution is 0.191. The fourth-order valence-electron chi connectivity index (χ4n) is 3.15. The molecule has 1 aliphatic heterocycles. The summed E-state index contributed by atoms with van der Waals surface area (Å²) in [5.41, 5.74) is 0. The average molecular weight is 359 g/mol. The van der Waals surface area contributed by atoms with Gasteiger partial charge in [-0.1, -0.05) is 12.1 Å². The zero-order chi connectivity index (χ0) is 18.2. The van der Waals surface area contributed by atoms with Crippen LogP contribution in [0.25, 0.3) is 0 Å². The molecule has 2 aromatic rings. The molecular weight excluding hydrogens is 333 g/mol. The second-order valence-electron chi connectivity index (χ2n) is 6.49. The lowest BCUT2D eigenvalue weighted by Crippen LogP contribution is -2.26. The summed E-state index contributed by atoms with van der Waals surface area (Å²) >= 11 is 0. The summed E-state index contributed by atoms with van der Waals surface area (Å²) < 4.78 is 29.9. The van der Waals surface area contributed by atoms with Crippen LogP contribution in [0.2, 0.25) is 0 Å². The topological polar surface area (TPSA) is 30.9 Å². The number of ether oxygens (including phenoxy) is 3. The lowest BCUT2D eigenvalue weighted by Gasteiger charge is -2.18. The van der Waals surface area contributed by atoms with Crippen molar-refractivity contribution < 1.29 is 18.6 Å². The number of unbranched alkanes of at least 4 members (excludes halogenated alkanes) is 1. The molecule has 0 bridgehead atoms. The molecule has 3 rings (SSSR count). The first kappa shape index (κ1) is 18.5. The molecule has 140 valence electrons. The normalized spacial score (nSPS) is 17.2. The van der Waals surface area contributed by atoms with Crippen LogP contribution in [0.3, 0.4) is 0 Å². The Morgan fingerprint density at radius 3 is 2.58 bits per heavy atom. The second-order valence-corrected chi connectivity index (χ2v) is 6.49. The van der Waals surface area contributed by atoms with Crippen molar-refractivity contribution in [3.8, 4) is 17.2 Å². The quantitative estimate of drug-likeness (QED) is 0.630. The van der Waals surface area contributed by atoms with Gasteiger partial charge in [0, 0.05) is 13.1 Å². The van der Waals surface area contributed by atoms with Gasteiger partial charge >= 0.3 is 0 Å². The van der Waals surface area contributed by atoms with Crippen molar-refractivity contribution in [2.75, 3.05) is 33.4 Å². The first-order chi connectivity index (χ1) is 12.7. The molecule has 0 saturated carbocycles. The van der Waals surface area contributed by atoms with Gasteiger partial charge < -0.3 is 14.2 Å². The molecule has 0 amide bonds. The summed E-state index contributed by atoms with van der Waals surface area (Å²) in [5.74, 6) is 2.08. The molecule has 1 atom stereocenters. The van der Waals surface area contributed by atoms with Crippen molar-refractivity contribution >= 4 is 0 Å². The highest BCUT2D eigenvalue weighted by atomic mass is 19.1. The molecule has 1 aliphatic rings. The Morgan fingerprint density at radius 1 is 1.04 bits per heavy atom. The third-order valence-electron chi connectivity index (χ3n) is 4.54. The Labute approximate surface area is 154 Å². The molecule has 1 unspecified atom stereocenters. The van der Waals surface area contributed by atoms with E-state index in [9.17, 15) is 4.39 Å². The van der Waals surface area contributed by atoms with Crippen molar-refractivity contribution in [3.63, 3.8) is 0 Å². The van der Waals surface area contributed by atoms with Gasteiger partial charge in [-0.3, -0.25) is 4.90 Å². The SMILES string of the molecule is COc1ccccc1OC1CCN(CCCCOc2ccc(F)cc2)C1. The molecule has 0 N–H and O–H groups in total. The monoisotopic (exact) mass is 359 g/mol. The highest BCUT2D eigenvalue weighted by molar-refractivity contribution is 5.39. The highest BCUT2D eigenvalue weighted by Crippen LogP contribution is 2.28. The molecule has 5 heteroatoms. The summed E-state index contributed by atoms with van der Waals surface area (Å²) in [7, 11) is 1.66. The van der Waals surface area contributed by atoms with E-state index >= 15 is 0 Å². The summed E-state index contributed by atoms with van der Waals surface area (Å²) in [6, 6.07) is 13.9. The first-order valence-corrected chi connectivity index (χ1v) is 9.15. The van der Waals surface area contributed by atoms with Gasteiger partial charge in [-0.25, -0.2) is 4.39 Å². The van der Waals surface area contributed by atoms with E-state index in [0.717, 1.165) is 56.1 Å². The van der Waals surface area contributed by atoms with Gasteiger partial charge in [0.2, 0.25) is 0 Å². The van der Waals surface area contributed by atoms with Crippen LogP contribution in [0.1, 0.15) is 19.3 Å². The Kier molecular flexibility index (Phi) is 6.72. The molecule has 26 heavy (non-hydrogen) atoms. The van der Waals surface area contributed by atoms with E-state index in [0.29, 0.717) is 6.61 Å². The van der Waals surface area contributed by atoms with Gasteiger partial charge in [0.25, 0.3) is 0 Å². The van der Waals surface area contributed by atoms with E-state index in [1.54, 1.807) is 19.2 Å². The Balaban J connectivity index is 1.32. The minimum absolute atomic E-state index is 0.210. The molecule has 1 saturated heterocycles. The first-order valence-electron chi connectivity index (χ1n) is 9.15. The molecule has 1 fully saturated rings. The molecule has 0 spiro atoms. The fraction of sp³-hybridized carbons (Fsp3) is 0.429. The maximum Gasteiger partial charge on any atom is 0.161 e. The fourth-order valence-corrected chi connectivity index (χ4v) is 3.15. The zero-order valence-corrected chi connectivity index (χ0v) is 15.2. The number of hydrogen-bond donors (Lipinski definition) is 0. The van der Waals surface area contributed by atoms with E-state index in [2.05, 4.69) is 4.90 Å². The van der Waals surface area contributed by atoms with Crippen LogP contribution < -0.4 is 14.2 Å². The van der Waals surface area contributed by atoms with E-state index in [4.69, 9.17) is 14.2 Å². The van der Waals surface area contributed by atoms with Crippen LogP contribution in [-0.2, 0) is 0 Å². The van der Waals surface area contributed by atoms with Crippen molar-refractivity contribution in [2.45, 2.75) is 25.4 Å². The van der Waals surface area contributed by atoms with Gasteiger partial charge in [0.1, 0.15) is 17.7 Å². The van der Waals surface area contributed by atoms with E-state index in [-0.39, 0.29) is 11.9 Å². The van der Waals surface area contributed by atoms with Crippen molar-refractivity contribution in [2.24, 2.45) is 0 Å². The van der Waals surface area contributed by atoms with Gasteiger partial charge in [-0.2, -0.15) is 0 Å². The van der Waals surface area contributed by atoms with Gasteiger partial charge in [0.05, 0.1) is 13.7 Å². The molecule has 0 aromatic heterocycles. The molecule has 4 nitrogen and oxygen atoms in total. The number of para-hydroxylation sites is 2. The Hall–Kier alpha value is -2.27. The standard InChI is InChI=1S/C21H26FNO3/c1-24-20-6-2-3-7-21(20)26-19-12-14-23(16-19)13-4-5-15-25-18-10-8-17(22)9-11-18/h2-3,6-11,19H,4-5,12-16H2,1H3. The van der Waals surface area contributed by atoms with Crippen molar-refractivity contribution in [3.05, 3.63) is 54.3 Å². The minimum atomic E-state index is -0.240. The van der Waals surface area contributed by atoms with Crippen molar-refractivity contribution in [1.29, 1.82) is 0 Å². The van der Waals surface area contributed by atoms with Crippen LogP contribution in [0.5, 0.6) is 17.2 Å². The number of likely N-dealkylation sites (tertiary alicyclic amines) is 1. The smallest absolute Gasteiger partial charge is 0.161 e. The van der Waals surface area contributed by atoms with Crippen LogP contribution in [0.4, 0.5) is 4.39 Å². The van der Waals surface area contributed by atoms with Gasteiger partial charge in [-0.05, 0) is 62.2 Å². The summed E-state index contributed by atoms with van der Waals surface area (Å²) in [5, 5.41) is 0. The number of halogens is 1. The third-order valence-corrected chi connectivity index (χ3v) is 4.54. The zero-order valence-electron chi connectivity index (χ0n) is 15.2. The number of rotatable bonds is 9. The third kappa shape index (κ3) is 5.36. The van der Waals surface area contributed by atoms with E-state index in [1.807, 2.05) is 24.3 Å². The van der Waals surface area contributed by atoms with E-state index < -0.39 is 0 Å². The van der Waals surface area contributed by atoms with Crippen LogP contribution in [0, 0.1) is 5.82 Å². The lowest BCUT2D eigenvalue weighted by atomic mass is 10.3. The molecule has 0 radical (unpaired) electrons. The average Bonchev–Trinajstić information content (AvgIpc) is 3.11.